The lowest BCUT2D eigenvalue weighted by molar-refractivity contribution is 0.360. The fraction of sp³-hybridized carbons (Fsp3) is 0.158. The third-order valence-corrected chi connectivity index (χ3v) is 3.53. The average Bonchev–Trinajstić information content (AvgIpc) is 2.45. The summed E-state index contributed by atoms with van der Waals surface area (Å²) in [6, 6.07) is 14.3. The summed E-state index contributed by atoms with van der Waals surface area (Å²) in [6.45, 7) is 5.38. The number of benzene rings is 2. The highest BCUT2D eigenvalue weighted by Gasteiger charge is 2.00. The van der Waals surface area contributed by atoms with Crippen molar-refractivity contribution in [3.05, 3.63) is 71.3 Å². The second-order valence-electron chi connectivity index (χ2n) is 5.20. The smallest absolute Gasteiger partial charge is 0.101 e. The lowest BCUT2D eigenvalue weighted by Crippen LogP contribution is -1.97. The quantitative estimate of drug-likeness (QED) is 0.544. The van der Waals surface area contributed by atoms with Crippen molar-refractivity contribution >= 4 is 32.8 Å². The second-order valence-corrected chi connectivity index (χ2v) is 5.86. The number of hydrogen-bond donors (Lipinski definition) is 0. The van der Waals surface area contributed by atoms with Gasteiger partial charge in [0.1, 0.15) is 6.17 Å². The molecule has 21 heavy (non-hydrogen) atoms. The van der Waals surface area contributed by atoms with E-state index in [9.17, 15) is 4.39 Å². The van der Waals surface area contributed by atoms with Crippen molar-refractivity contribution in [2.75, 3.05) is 0 Å². The predicted molar refractivity (Wildman–Crippen MR) is 95.5 cm³/mol. The SMILES string of the molecule is C=Cc1cc(P)cc(/C=C/c2ccc(CC(C)F)cc2)c1. The molecule has 2 aromatic rings. The minimum atomic E-state index is -0.798. The van der Waals surface area contributed by atoms with Crippen molar-refractivity contribution < 1.29 is 4.39 Å². The van der Waals surface area contributed by atoms with Crippen molar-refractivity contribution in [1.82, 2.24) is 0 Å². The highest BCUT2D eigenvalue weighted by molar-refractivity contribution is 7.27. The maximum Gasteiger partial charge on any atom is 0.101 e. The van der Waals surface area contributed by atoms with Gasteiger partial charge >= 0.3 is 0 Å². The van der Waals surface area contributed by atoms with E-state index in [1.165, 1.54) is 0 Å². The van der Waals surface area contributed by atoms with E-state index in [1.807, 2.05) is 30.3 Å². The Morgan fingerprint density at radius 3 is 2.29 bits per heavy atom. The first-order valence-corrected chi connectivity index (χ1v) is 7.58. The Hall–Kier alpha value is -1.72. The number of hydrogen-bond acceptors (Lipinski definition) is 0. The molecule has 0 aliphatic carbocycles. The van der Waals surface area contributed by atoms with E-state index >= 15 is 0 Å². The highest BCUT2D eigenvalue weighted by atomic mass is 31.0. The number of rotatable bonds is 5. The Balaban J connectivity index is 2.13. The van der Waals surface area contributed by atoms with Crippen LogP contribution in [0.4, 0.5) is 4.39 Å². The lowest BCUT2D eigenvalue weighted by Gasteiger charge is -2.03. The maximum atomic E-state index is 12.9. The Labute approximate surface area is 128 Å². The van der Waals surface area contributed by atoms with Crippen LogP contribution in [0.2, 0.25) is 0 Å². The average molecular weight is 298 g/mol. The summed E-state index contributed by atoms with van der Waals surface area (Å²) in [4.78, 5) is 0. The van der Waals surface area contributed by atoms with Gasteiger partial charge in [-0.3, -0.25) is 0 Å². The van der Waals surface area contributed by atoms with Crippen molar-refractivity contribution in [1.29, 1.82) is 0 Å². The van der Waals surface area contributed by atoms with Crippen molar-refractivity contribution in [2.24, 2.45) is 0 Å². The largest absolute Gasteiger partial charge is 0.247 e. The summed E-state index contributed by atoms with van der Waals surface area (Å²) < 4.78 is 12.9. The summed E-state index contributed by atoms with van der Waals surface area (Å²) in [6.07, 6.45) is 5.66. The van der Waals surface area contributed by atoms with Crippen LogP contribution in [-0.2, 0) is 6.42 Å². The first-order chi connectivity index (χ1) is 10.1. The molecule has 0 saturated heterocycles. The Kier molecular flexibility index (Phi) is 5.47. The van der Waals surface area contributed by atoms with Crippen LogP contribution in [0.3, 0.4) is 0 Å². The van der Waals surface area contributed by atoms with E-state index in [-0.39, 0.29) is 0 Å². The van der Waals surface area contributed by atoms with Gasteiger partial charge in [0.25, 0.3) is 0 Å². The van der Waals surface area contributed by atoms with Crippen LogP contribution in [0.5, 0.6) is 0 Å². The molecule has 0 fully saturated rings. The van der Waals surface area contributed by atoms with Gasteiger partial charge in [0, 0.05) is 6.42 Å². The van der Waals surface area contributed by atoms with Gasteiger partial charge in [-0.2, -0.15) is 0 Å². The van der Waals surface area contributed by atoms with Crippen LogP contribution in [0.15, 0.2) is 49.0 Å². The molecule has 0 bridgehead atoms. The molecule has 0 spiro atoms. The van der Waals surface area contributed by atoms with Crippen LogP contribution < -0.4 is 5.30 Å². The van der Waals surface area contributed by atoms with Crippen LogP contribution in [-0.4, -0.2) is 6.17 Å². The molecule has 0 aliphatic heterocycles. The Bertz CT molecular complexity index is 639. The van der Waals surface area contributed by atoms with E-state index in [1.54, 1.807) is 6.92 Å². The summed E-state index contributed by atoms with van der Waals surface area (Å²) in [7, 11) is 2.71. The first-order valence-electron chi connectivity index (χ1n) is 7.01. The molecule has 2 unspecified atom stereocenters. The molecule has 0 amide bonds. The highest BCUT2D eigenvalue weighted by Crippen LogP contribution is 2.13. The minimum Gasteiger partial charge on any atom is -0.247 e. The van der Waals surface area contributed by atoms with Crippen LogP contribution in [0.1, 0.15) is 29.2 Å². The second kappa shape index (κ2) is 7.33. The zero-order valence-corrected chi connectivity index (χ0v) is 13.4. The Morgan fingerprint density at radius 2 is 1.67 bits per heavy atom. The lowest BCUT2D eigenvalue weighted by atomic mass is 10.1. The van der Waals surface area contributed by atoms with Gasteiger partial charge in [-0.15, -0.1) is 9.24 Å². The molecule has 0 radical (unpaired) electrons. The predicted octanol–water partition coefficient (Wildman–Crippen LogP) is 4.90. The minimum absolute atomic E-state index is 0.474. The Morgan fingerprint density at radius 1 is 1.05 bits per heavy atom. The number of halogens is 1. The van der Waals surface area contributed by atoms with E-state index < -0.39 is 6.17 Å². The third-order valence-electron chi connectivity index (χ3n) is 3.20. The molecule has 0 aromatic heterocycles. The molecule has 0 saturated carbocycles. The fourth-order valence-corrected chi connectivity index (χ4v) is 2.58. The van der Waals surface area contributed by atoms with Crippen LogP contribution in [0, 0.1) is 0 Å². The molecule has 2 aromatic carbocycles. The van der Waals surface area contributed by atoms with E-state index in [2.05, 4.69) is 46.2 Å². The van der Waals surface area contributed by atoms with Crippen molar-refractivity contribution in [3.63, 3.8) is 0 Å². The molecule has 108 valence electrons. The summed E-state index contributed by atoms with van der Waals surface area (Å²) in [5, 5.41) is 1.14. The summed E-state index contributed by atoms with van der Waals surface area (Å²) in [5.74, 6) is 0. The molecule has 2 heteroatoms. The number of alkyl halides is 1. The molecule has 0 heterocycles. The molecule has 0 aliphatic rings. The molecule has 2 rings (SSSR count). The third kappa shape index (κ3) is 4.95. The van der Waals surface area contributed by atoms with Crippen LogP contribution >= 0.6 is 9.24 Å². The van der Waals surface area contributed by atoms with Gasteiger partial charge < -0.3 is 0 Å². The van der Waals surface area contributed by atoms with E-state index in [4.69, 9.17) is 0 Å². The van der Waals surface area contributed by atoms with Gasteiger partial charge in [0.2, 0.25) is 0 Å². The van der Waals surface area contributed by atoms with Gasteiger partial charge in [-0.25, -0.2) is 4.39 Å². The normalized spacial score (nSPS) is 12.5. The molecular weight excluding hydrogens is 278 g/mol. The van der Waals surface area contributed by atoms with Crippen molar-refractivity contribution in [2.45, 2.75) is 19.5 Å². The van der Waals surface area contributed by atoms with Gasteiger partial charge in [-0.05, 0) is 52.7 Å². The van der Waals surface area contributed by atoms with E-state index in [0.717, 1.165) is 27.6 Å². The molecule has 0 nitrogen and oxygen atoms in total. The molecular formula is C19H20FP. The van der Waals surface area contributed by atoms with Gasteiger partial charge in [0.05, 0.1) is 0 Å². The fourth-order valence-electron chi connectivity index (χ4n) is 2.20. The van der Waals surface area contributed by atoms with Crippen LogP contribution in [0.25, 0.3) is 18.2 Å². The summed E-state index contributed by atoms with van der Waals surface area (Å²) in [5.41, 5.74) is 4.39. The van der Waals surface area contributed by atoms with Crippen molar-refractivity contribution in [3.8, 4) is 0 Å². The monoisotopic (exact) mass is 298 g/mol. The summed E-state index contributed by atoms with van der Waals surface area (Å²) >= 11 is 0. The topological polar surface area (TPSA) is 0 Å². The van der Waals surface area contributed by atoms with E-state index in [0.29, 0.717) is 6.42 Å². The van der Waals surface area contributed by atoms with Gasteiger partial charge in [-0.1, -0.05) is 49.1 Å². The van der Waals surface area contributed by atoms with Gasteiger partial charge in [0.15, 0.2) is 0 Å². The standard InChI is InChI=1S/C19H20FP/c1-3-15-11-18(13-19(21)12-15)9-6-16-4-7-17(8-5-16)10-14(2)20/h3-9,11-14H,1,10,21H2,2H3/b9-6+. The first kappa shape index (κ1) is 15.7. The zero-order valence-electron chi connectivity index (χ0n) is 12.2. The molecule has 0 N–H and O–H groups in total. The molecule has 2 atom stereocenters. The zero-order chi connectivity index (χ0) is 15.2. The maximum absolute atomic E-state index is 12.9.